The van der Waals surface area contributed by atoms with Crippen LogP contribution in [0.4, 0.5) is 0 Å². The van der Waals surface area contributed by atoms with Crippen molar-refractivity contribution in [3.63, 3.8) is 0 Å². The fourth-order valence-electron chi connectivity index (χ4n) is 1.49. The van der Waals surface area contributed by atoms with Crippen molar-refractivity contribution in [1.29, 1.82) is 0 Å². The Bertz CT molecular complexity index is 217. The predicted octanol–water partition coefficient (Wildman–Crippen LogP) is 1.54. The Balaban J connectivity index is 2.33. The average Bonchev–Trinajstić information content (AvgIpc) is 2.28. The van der Waals surface area contributed by atoms with E-state index in [1.807, 2.05) is 0 Å². The Morgan fingerprint density at radius 1 is 1.09 bits per heavy atom. The zero-order valence-corrected chi connectivity index (χ0v) is 6.51. The maximum Gasteiger partial charge on any atom is 0.0265 e. The molecule has 1 heterocycles. The molecule has 1 N–H and O–H groups in total. The Labute approximate surface area is 67.4 Å². The summed E-state index contributed by atoms with van der Waals surface area (Å²) in [6.07, 6.45) is 2.23. The van der Waals surface area contributed by atoms with Crippen molar-refractivity contribution >= 4 is 0 Å². The van der Waals surface area contributed by atoms with Crippen LogP contribution in [0.25, 0.3) is 0 Å². The van der Waals surface area contributed by atoms with E-state index in [1.54, 1.807) is 0 Å². The lowest BCUT2D eigenvalue weighted by Gasteiger charge is -2.01. The first kappa shape index (κ1) is 6.86. The lowest BCUT2D eigenvalue weighted by Crippen LogP contribution is -2.10. The van der Waals surface area contributed by atoms with E-state index in [0.717, 1.165) is 19.4 Å². The van der Waals surface area contributed by atoms with Gasteiger partial charge in [0.25, 0.3) is 0 Å². The lowest BCUT2D eigenvalue weighted by molar-refractivity contribution is 0.789. The van der Waals surface area contributed by atoms with Crippen LogP contribution >= 0.6 is 0 Å². The molecule has 1 radical (unpaired) electrons. The first-order chi connectivity index (χ1) is 5.47. The van der Waals surface area contributed by atoms with Crippen molar-refractivity contribution in [2.45, 2.75) is 12.8 Å². The summed E-state index contributed by atoms with van der Waals surface area (Å²) in [4.78, 5) is 0. The maximum absolute atomic E-state index is 3.27. The van der Waals surface area contributed by atoms with Crippen LogP contribution in [0, 0.1) is 6.54 Å². The van der Waals surface area contributed by atoms with Crippen LogP contribution in [-0.2, 0) is 12.8 Å². The van der Waals surface area contributed by atoms with Crippen molar-refractivity contribution in [2.75, 3.05) is 6.54 Å². The van der Waals surface area contributed by atoms with Crippen LogP contribution in [0.2, 0.25) is 0 Å². The van der Waals surface area contributed by atoms with Crippen molar-refractivity contribution in [2.24, 2.45) is 0 Å². The van der Waals surface area contributed by atoms with E-state index >= 15 is 0 Å². The average molecular weight is 146 g/mol. The van der Waals surface area contributed by atoms with Gasteiger partial charge in [0.2, 0.25) is 0 Å². The first-order valence-electron chi connectivity index (χ1n) is 4.08. The fraction of sp³-hybridized carbons (Fsp3) is 0.300. The van der Waals surface area contributed by atoms with Crippen LogP contribution in [0.15, 0.2) is 24.3 Å². The minimum atomic E-state index is 1.07. The van der Waals surface area contributed by atoms with Gasteiger partial charge in [0.05, 0.1) is 0 Å². The third kappa shape index (κ3) is 1.43. The highest BCUT2D eigenvalue weighted by molar-refractivity contribution is 5.29. The summed E-state index contributed by atoms with van der Waals surface area (Å²) in [5.41, 5.74) is 2.96. The first-order valence-corrected chi connectivity index (χ1v) is 4.08. The molecule has 0 atom stereocenters. The summed E-state index contributed by atoms with van der Waals surface area (Å²) < 4.78 is 0. The zero-order valence-electron chi connectivity index (χ0n) is 6.51. The minimum absolute atomic E-state index is 1.07. The Morgan fingerprint density at radius 3 is 2.82 bits per heavy atom. The smallest absolute Gasteiger partial charge is 0.0265 e. The van der Waals surface area contributed by atoms with Gasteiger partial charge in [0.1, 0.15) is 0 Å². The normalized spacial score (nSPS) is 17.1. The Kier molecular flexibility index (Phi) is 1.91. The molecule has 0 aliphatic carbocycles. The number of nitrogens with one attached hydrogen (secondary N) is 1. The molecule has 0 aromatic heterocycles. The van der Waals surface area contributed by atoms with Gasteiger partial charge in [-0.05, 0) is 30.5 Å². The van der Waals surface area contributed by atoms with E-state index in [0.29, 0.717) is 0 Å². The molecule has 1 aliphatic rings. The van der Waals surface area contributed by atoms with Gasteiger partial charge in [-0.15, -0.1) is 0 Å². The Morgan fingerprint density at radius 2 is 1.91 bits per heavy atom. The van der Waals surface area contributed by atoms with Crippen LogP contribution in [0.3, 0.4) is 0 Å². The summed E-state index contributed by atoms with van der Waals surface area (Å²) in [7, 11) is 0. The van der Waals surface area contributed by atoms with Gasteiger partial charge < -0.3 is 5.32 Å². The molecule has 1 aromatic rings. The topological polar surface area (TPSA) is 12.0 Å². The Hall–Kier alpha value is -0.820. The molecule has 1 heteroatoms. The molecule has 1 nitrogen and oxygen atoms in total. The molecule has 1 aliphatic heterocycles. The third-order valence-corrected chi connectivity index (χ3v) is 2.12. The molecule has 0 amide bonds. The molecule has 0 fully saturated rings. The number of rotatable bonds is 0. The molecule has 0 saturated heterocycles. The quantitative estimate of drug-likeness (QED) is 0.585. The highest BCUT2D eigenvalue weighted by atomic mass is 14.8. The SMILES string of the molecule is [CH]1Cc2ccccc2CCN1. The predicted molar refractivity (Wildman–Crippen MR) is 46.2 cm³/mol. The van der Waals surface area contributed by atoms with Crippen LogP contribution in [-0.4, -0.2) is 6.54 Å². The molecular formula is C10H12N. The largest absolute Gasteiger partial charge is 0.312 e. The summed E-state index contributed by atoms with van der Waals surface area (Å²) in [5, 5.41) is 3.27. The van der Waals surface area contributed by atoms with Crippen LogP contribution in [0.5, 0.6) is 0 Å². The van der Waals surface area contributed by atoms with Crippen molar-refractivity contribution in [3.8, 4) is 0 Å². The van der Waals surface area contributed by atoms with Gasteiger partial charge in [-0.2, -0.15) is 0 Å². The summed E-state index contributed by atoms with van der Waals surface area (Å²) in [5.74, 6) is 0. The van der Waals surface area contributed by atoms with Gasteiger partial charge in [-0.3, -0.25) is 0 Å². The van der Waals surface area contributed by atoms with Crippen molar-refractivity contribution in [3.05, 3.63) is 41.9 Å². The molecule has 0 bridgehead atoms. The molecule has 0 saturated carbocycles. The maximum atomic E-state index is 3.27. The minimum Gasteiger partial charge on any atom is -0.312 e. The van der Waals surface area contributed by atoms with E-state index in [9.17, 15) is 0 Å². The molecule has 0 spiro atoms. The second kappa shape index (κ2) is 3.05. The van der Waals surface area contributed by atoms with E-state index in [-0.39, 0.29) is 0 Å². The van der Waals surface area contributed by atoms with Gasteiger partial charge in [0, 0.05) is 6.54 Å². The summed E-state index contributed by atoms with van der Waals surface area (Å²) in [6, 6.07) is 8.65. The number of hydrogen-bond donors (Lipinski definition) is 1. The number of hydrogen-bond acceptors (Lipinski definition) is 1. The van der Waals surface area contributed by atoms with Gasteiger partial charge in [-0.25, -0.2) is 0 Å². The molecule has 2 rings (SSSR count). The number of fused-ring (bicyclic) bond motifs is 1. The molecule has 11 heavy (non-hydrogen) atoms. The monoisotopic (exact) mass is 146 g/mol. The summed E-state index contributed by atoms with van der Waals surface area (Å²) in [6.45, 7) is 3.23. The zero-order chi connectivity index (χ0) is 7.52. The van der Waals surface area contributed by atoms with E-state index < -0.39 is 0 Å². The highest BCUT2D eigenvalue weighted by Gasteiger charge is 2.04. The van der Waals surface area contributed by atoms with Crippen LogP contribution in [0.1, 0.15) is 11.1 Å². The molecule has 57 valence electrons. The third-order valence-electron chi connectivity index (χ3n) is 2.12. The van der Waals surface area contributed by atoms with Gasteiger partial charge >= 0.3 is 0 Å². The molecule has 0 unspecified atom stereocenters. The highest BCUT2D eigenvalue weighted by Crippen LogP contribution is 2.12. The summed E-state index contributed by atoms with van der Waals surface area (Å²) >= 11 is 0. The molecule has 1 aromatic carbocycles. The molecular weight excluding hydrogens is 134 g/mol. The second-order valence-corrected chi connectivity index (χ2v) is 2.88. The van der Waals surface area contributed by atoms with Crippen LogP contribution < -0.4 is 5.32 Å². The van der Waals surface area contributed by atoms with E-state index in [4.69, 9.17) is 0 Å². The van der Waals surface area contributed by atoms with E-state index in [1.165, 1.54) is 11.1 Å². The fourth-order valence-corrected chi connectivity index (χ4v) is 1.49. The van der Waals surface area contributed by atoms with Crippen molar-refractivity contribution < 1.29 is 0 Å². The lowest BCUT2D eigenvalue weighted by atomic mass is 10.0. The van der Waals surface area contributed by atoms with Gasteiger partial charge in [0.15, 0.2) is 0 Å². The second-order valence-electron chi connectivity index (χ2n) is 2.88. The van der Waals surface area contributed by atoms with Gasteiger partial charge in [-0.1, -0.05) is 24.3 Å². The van der Waals surface area contributed by atoms with Crippen molar-refractivity contribution in [1.82, 2.24) is 5.32 Å². The standard InChI is InChI=1S/C10H12N/c1-2-4-10-6-8-11-7-5-9(10)3-1/h1-4,7,11H,5-6,8H2. The number of benzene rings is 1. The van der Waals surface area contributed by atoms with E-state index in [2.05, 4.69) is 36.1 Å².